The second kappa shape index (κ2) is 15.5. The summed E-state index contributed by atoms with van der Waals surface area (Å²) in [6, 6.07) is 0. The summed E-state index contributed by atoms with van der Waals surface area (Å²) < 4.78 is 152. The molecule has 0 aliphatic carbocycles. The maximum Gasteiger partial charge on any atom is 0.460 e. The Hall–Kier alpha value is -0.800. The standard InChI is InChI=1S/C20H33F9O5S/c1-2-3-12-32-15-16-33-13-10-8-6-4-5-7-9-11-14-34-35(30,31)20(28,29)18(23,24)17(21,22)19(25,26)27/h2-16H2,1H3. The number of halogens is 9. The zero-order chi connectivity index (χ0) is 27.2. The number of unbranched alkanes of at least 4 members (excludes halogenated alkanes) is 8. The molecule has 0 aromatic carbocycles. The second-order valence-corrected chi connectivity index (χ2v) is 9.50. The predicted molar refractivity (Wildman–Crippen MR) is 109 cm³/mol. The molecule has 0 rings (SSSR count). The van der Waals surface area contributed by atoms with E-state index < -0.39 is 40.0 Å². The minimum absolute atomic E-state index is 0.204. The van der Waals surface area contributed by atoms with Gasteiger partial charge in [-0.3, -0.25) is 4.18 Å². The van der Waals surface area contributed by atoms with Crippen LogP contribution < -0.4 is 0 Å². The first-order valence-electron chi connectivity index (χ1n) is 11.3. The summed E-state index contributed by atoms with van der Waals surface area (Å²) in [6.07, 6.45) is -0.308. The van der Waals surface area contributed by atoms with Crippen molar-refractivity contribution in [1.82, 2.24) is 0 Å². The van der Waals surface area contributed by atoms with E-state index in [4.69, 9.17) is 9.47 Å². The van der Waals surface area contributed by atoms with Crippen LogP contribution in [0, 0.1) is 0 Å². The Morgan fingerprint density at radius 2 is 0.943 bits per heavy atom. The normalized spacial score (nSPS) is 14.0. The SMILES string of the molecule is CCCCOCCOCCCCCCCCCCOS(=O)(=O)C(F)(F)C(F)(F)C(F)(F)C(F)(F)F. The van der Waals surface area contributed by atoms with Crippen LogP contribution in [-0.4, -0.2) is 64.7 Å². The highest BCUT2D eigenvalue weighted by atomic mass is 32.2. The lowest BCUT2D eigenvalue weighted by atomic mass is 10.1. The van der Waals surface area contributed by atoms with Gasteiger partial charge in [0.05, 0.1) is 19.8 Å². The van der Waals surface area contributed by atoms with Crippen LogP contribution in [0.2, 0.25) is 0 Å². The lowest BCUT2D eigenvalue weighted by molar-refractivity contribution is -0.382. The summed E-state index contributed by atoms with van der Waals surface area (Å²) in [5.41, 5.74) is 0. The molecular formula is C20H33F9O5S. The molecule has 0 atom stereocenters. The molecule has 212 valence electrons. The van der Waals surface area contributed by atoms with E-state index in [2.05, 4.69) is 11.1 Å². The Morgan fingerprint density at radius 1 is 0.543 bits per heavy atom. The van der Waals surface area contributed by atoms with Crippen LogP contribution in [0.3, 0.4) is 0 Å². The molecule has 0 saturated carbocycles. The molecule has 0 aromatic heterocycles. The second-order valence-electron chi connectivity index (χ2n) is 7.85. The lowest BCUT2D eigenvalue weighted by Crippen LogP contribution is -2.63. The first kappa shape index (κ1) is 34.2. The third kappa shape index (κ3) is 10.6. The van der Waals surface area contributed by atoms with Gasteiger partial charge in [0, 0.05) is 13.2 Å². The summed E-state index contributed by atoms with van der Waals surface area (Å²) in [7, 11) is -6.76. The van der Waals surface area contributed by atoms with E-state index >= 15 is 0 Å². The molecule has 0 unspecified atom stereocenters. The summed E-state index contributed by atoms with van der Waals surface area (Å²) in [6.45, 7) is 3.39. The van der Waals surface area contributed by atoms with Crippen LogP contribution in [0.25, 0.3) is 0 Å². The quantitative estimate of drug-likeness (QED) is 0.0893. The van der Waals surface area contributed by atoms with Gasteiger partial charge in [-0.25, -0.2) is 0 Å². The highest BCUT2D eigenvalue weighted by molar-refractivity contribution is 7.87. The molecule has 0 aliphatic rings. The fourth-order valence-electron chi connectivity index (χ4n) is 2.70. The Morgan fingerprint density at radius 3 is 1.37 bits per heavy atom. The third-order valence-electron chi connectivity index (χ3n) is 4.87. The fourth-order valence-corrected chi connectivity index (χ4v) is 3.62. The minimum atomic E-state index is -7.30. The molecule has 0 amide bonds. The maximum absolute atomic E-state index is 13.5. The van der Waals surface area contributed by atoms with Crippen molar-refractivity contribution in [2.24, 2.45) is 0 Å². The lowest BCUT2D eigenvalue weighted by Gasteiger charge is -2.32. The van der Waals surface area contributed by atoms with Crippen molar-refractivity contribution in [3.05, 3.63) is 0 Å². The van der Waals surface area contributed by atoms with Crippen molar-refractivity contribution in [2.75, 3.05) is 33.0 Å². The van der Waals surface area contributed by atoms with Gasteiger partial charge in [-0.2, -0.15) is 47.9 Å². The molecule has 0 aromatic rings. The van der Waals surface area contributed by atoms with Gasteiger partial charge in [-0.05, 0) is 19.3 Å². The third-order valence-corrected chi connectivity index (χ3v) is 6.23. The maximum atomic E-state index is 13.5. The average Bonchev–Trinajstić information content (AvgIpc) is 2.74. The molecule has 0 radical (unpaired) electrons. The Balaban J connectivity index is 4.04. The largest absolute Gasteiger partial charge is 0.460 e. The van der Waals surface area contributed by atoms with Crippen molar-refractivity contribution in [1.29, 1.82) is 0 Å². The molecule has 0 heterocycles. The first-order chi connectivity index (χ1) is 16.1. The van der Waals surface area contributed by atoms with Crippen LogP contribution in [0.1, 0.15) is 71.1 Å². The van der Waals surface area contributed by atoms with Gasteiger partial charge in [0.15, 0.2) is 0 Å². The molecule has 5 nitrogen and oxygen atoms in total. The number of hydrogen-bond donors (Lipinski definition) is 0. The molecule has 15 heteroatoms. The van der Waals surface area contributed by atoms with Crippen LogP contribution in [-0.2, 0) is 23.8 Å². The zero-order valence-electron chi connectivity index (χ0n) is 19.5. The predicted octanol–water partition coefficient (Wildman–Crippen LogP) is 6.71. The molecule has 0 aliphatic heterocycles. The highest BCUT2D eigenvalue weighted by Crippen LogP contribution is 2.54. The van der Waals surface area contributed by atoms with Crippen molar-refractivity contribution >= 4 is 10.1 Å². The van der Waals surface area contributed by atoms with E-state index in [0.29, 0.717) is 39.3 Å². The van der Waals surface area contributed by atoms with E-state index in [1.165, 1.54) is 0 Å². The van der Waals surface area contributed by atoms with E-state index in [9.17, 15) is 47.9 Å². The van der Waals surface area contributed by atoms with Crippen molar-refractivity contribution < 1.29 is 61.6 Å². The summed E-state index contributed by atoms with van der Waals surface area (Å²) in [5, 5.41) is -6.80. The Labute approximate surface area is 199 Å². The van der Waals surface area contributed by atoms with Crippen molar-refractivity contribution in [3.63, 3.8) is 0 Å². The highest BCUT2D eigenvalue weighted by Gasteiger charge is 2.85. The Bertz CT molecular complexity index is 670. The summed E-state index contributed by atoms with van der Waals surface area (Å²) in [5.74, 6) is -14.6. The number of alkyl halides is 9. The summed E-state index contributed by atoms with van der Waals surface area (Å²) >= 11 is 0. The van der Waals surface area contributed by atoms with Crippen LogP contribution >= 0.6 is 0 Å². The molecule has 0 spiro atoms. The first-order valence-corrected chi connectivity index (χ1v) is 12.7. The van der Waals surface area contributed by atoms with Gasteiger partial charge in [-0.15, -0.1) is 0 Å². The monoisotopic (exact) mass is 556 g/mol. The zero-order valence-corrected chi connectivity index (χ0v) is 20.3. The van der Waals surface area contributed by atoms with E-state index in [-0.39, 0.29) is 12.8 Å². The van der Waals surface area contributed by atoms with E-state index in [1.54, 1.807) is 0 Å². The molecule has 0 bridgehead atoms. The van der Waals surface area contributed by atoms with Crippen LogP contribution in [0.5, 0.6) is 0 Å². The van der Waals surface area contributed by atoms with Crippen molar-refractivity contribution in [2.45, 2.75) is 94.4 Å². The van der Waals surface area contributed by atoms with Gasteiger partial charge in [0.25, 0.3) is 0 Å². The number of hydrogen-bond acceptors (Lipinski definition) is 5. The molecule has 35 heavy (non-hydrogen) atoms. The van der Waals surface area contributed by atoms with E-state index in [1.807, 2.05) is 0 Å². The molecular weight excluding hydrogens is 523 g/mol. The minimum Gasteiger partial charge on any atom is -0.379 e. The van der Waals surface area contributed by atoms with Gasteiger partial charge < -0.3 is 9.47 Å². The number of ether oxygens (including phenoxy) is 2. The van der Waals surface area contributed by atoms with Gasteiger partial charge >= 0.3 is 33.4 Å². The molecule has 0 fully saturated rings. The van der Waals surface area contributed by atoms with Crippen molar-refractivity contribution in [3.8, 4) is 0 Å². The average molecular weight is 557 g/mol. The van der Waals surface area contributed by atoms with Gasteiger partial charge in [0.2, 0.25) is 0 Å². The molecule has 0 saturated heterocycles. The van der Waals surface area contributed by atoms with Gasteiger partial charge in [0.1, 0.15) is 0 Å². The molecule has 0 N–H and O–H groups in total. The van der Waals surface area contributed by atoms with E-state index in [0.717, 1.165) is 38.5 Å². The topological polar surface area (TPSA) is 61.8 Å². The van der Waals surface area contributed by atoms with Crippen LogP contribution in [0.15, 0.2) is 0 Å². The number of rotatable bonds is 21. The summed E-state index contributed by atoms with van der Waals surface area (Å²) in [4.78, 5) is 0. The fraction of sp³-hybridized carbons (Fsp3) is 1.00. The van der Waals surface area contributed by atoms with Gasteiger partial charge in [-0.1, -0.05) is 51.9 Å². The van der Waals surface area contributed by atoms with Crippen LogP contribution in [0.4, 0.5) is 39.5 Å². The smallest absolute Gasteiger partial charge is 0.379 e. The Kier molecular flexibility index (Phi) is 15.1.